The summed E-state index contributed by atoms with van der Waals surface area (Å²) in [4.78, 5) is 50.1. The van der Waals surface area contributed by atoms with Crippen molar-refractivity contribution in [2.24, 2.45) is 0 Å². The first-order valence-electron chi connectivity index (χ1n) is 9.95. The number of hydrogen-bond donors (Lipinski definition) is 2. The summed E-state index contributed by atoms with van der Waals surface area (Å²) < 4.78 is 10.3. The molecule has 2 atom stereocenters. The molecule has 0 aliphatic rings. The zero-order chi connectivity index (χ0) is 24.5. The summed E-state index contributed by atoms with van der Waals surface area (Å²) in [7, 11) is 0. The second-order valence-electron chi connectivity index (χ2n) is 6.90. The van der Waals surface area contributed by atoms with Crippen molar-refractivity contribution in [1.82, 2.24) is 0 Å². The first kappa shape index (κ1) is 23.7. The van der Waals surface area contributed by atoms with E-state index in [1.165, 1.54) is 48.5 Å². The van der Waals surface area contributed by atoms with Crippen LogP contribution in [-0.2, 0) is 19.1 Å². The molecular formula is C25H18N2O7. The Balaban J connectivity index is 1.89. The van der Waals surface area contributed by atoms with Gasteiger partial charge in [-0.05, 0) is 48.5 Å². The summed E-state index contributed by atoms with van der Waals surface area (Å²) in [5.41, 5.74) is 0.667. The van der Waals surface area contributed by atoms with Gasteiger partial charge >= 0.3 is 17.9 Å². The van der Waals surface area contributed by atoms with E-state index >= 15 is 0 Å². The van der Waals surface area contributed by atoms with Crippen LogP contribution in [0.5, 0.6) is 0 Å². The van der Waals surface area contributed by atoms with Gasteiger partial charge in [0.15, 0.2) is 0 Å². The molecule has 9 heteroatoms. The number of ether oxygens (including phenoxy) is 2. The van der Waals surface area contributed by atoms with E-state index < -0.39 is 36.0 Å². The zero-order valence-electron chi connectivity index (χ0n) is 17.6. The Morgan fingerprint density at radius 3 is 1.65 bits per heavy atom. The minimum Gasteiger partial charge on any atom is -0.478 e. The minimum absolute atomic E-state index is 0.0504. The van der Waals surface area contributed by atoms with Gasteiger partial charge in [0.25, 0.3) is 5.91 Å². The highest BCUT2D eigenvalue weighted by molar-refractivity contribution is 6.01. The fourth-order valence-electron chi connectivity index (χ4n) is 2.85. The molecule has 0 saturated carbocycles. The number of aliphatic carboxylic acids is 1. The number of esters is 2. The topological polar surface area (TPSA) is 143 Å². The molecule has 0 saturated heterocycles. The second kappa shape index (κ2) is 11.1. The first-order valence-corrected chi connectivity index (χ1v) is 9.95. The molecule has 3 aromatic carbocycles. The third-order valence-corrected chi connectivity index (χ3v) is 4.55. The monoisotopic (exact) mass is 458 g/mol. The van der Waals surface area contributed by atoms with Crippen LogP contribution in [0.4, 0.5) is 5.69 Å². The lowest BCUT2D eigenvalue weighted by Crippen LogP contribution is -2.48. The van der Waals surface area contributed by atoms with Gasteiger partial charge in [0.1, 0.15) is 0 Å². The minimum atomic E-state index is -2.14. The number of anilines is 1. The van der Waals surface area contributed by atoms with E-state index in [1.807, 2.05) is 6.07 Å². The molecule has 3 rings (SSSR count). The van der Waals surface area contributed by atoms with Crippen molar-refractivity contribution in [3.05, 3.63) is 102 Å². The number of carboxylic acid groups (broad SMARTS) is 1. The van der Waals surface area contributed by atoms with E-state index in [0.717, 1.165) is 0 Å². The maximum Gasteiger partial charge on any atom is 0.349 e. The standard InChI is InChI=1S/C25H18N2O7/c26-15-16-11-13-19(14-12-16)27-22(28)20(33-24(31)17-7-3-1-4-8-17)21(23(29)30)34-25(32)18-9-5-2-6-10-18/h1-14,20-21H,(H,27,28)(H,29,30)/t20-,21+/m0/s1. The highest BCUT2D eigenvalue weighted by atomic mass is 16.6. The molecule has 0 aliphatic heterocycles. The Morgan fingerprint density at radius 1 is 0.735 bits per heavy atom. The number of rotatable bonds is 8. The van der Waals surface area contributed by atoms with Crippen LogP contribution in [0.15, 0.2) is 84.9 Å². The largest absolute Gasteiger partial charge is 0.478 e. The smallest absolute Gasteiger partial charge is 0.349 e. The molecule has 0 heterocycles. The lowest BCUT2D eigenvalue weighted by Gasteiger charge is -2.23. The number of hydrogen-bond acceptors (Lipinski definition) is 7. The van der Waals surface area contributed by atoms with Crippen LogP contribution in [0.3, 0.4) is 0 Å². The van der Waals surface area contributed by atoms with Crippen LogP contribution in [-0.4, -0.2) is 41.1 Å². The van der Waals surface area contributed by atoms with Crippen molar-refractivity contribution in [2.75, 3.05) is 5.32 Å². The van der Waals surface area contributed by atoms with Crippen molar-refractivity contribution < 1.29 is 33.8 Å². The van der Waals surface area contributed by atoms with E-state index in [-0.39, 0.29) is 16.8 Å². The Morgan fingerprint density at radius 2 is 1.21 bits per heavy atom. The van der Waals surface area contributed by atoms with Gasteiger partial charge < -0.3 is 19.9 Å². The number of carbonyl (C=O) groups is 4. The van der Waals surface area contributed by atoms with Crippen LogP contribution in [0.1, 0.15) is 26.3 Å². The van der Waals surface area contributed by atoms with Crippen LogP contribution in [0.25, 0.3) is 0 Å². The lowest BCUT2D eigenvalue weighted by atomic mass is 10.1. The molecule has 0 radical (unpaired) electrons. The molecular weight excluding hydrogens is 440 g/mol. The SMILES string of the molecule is N#Cc1ccc(NC(=O)[C@@H](OC(=O)c2ccccc2)[C@@H](OC(=O)c2ccccc2)C(=O)O)cc1. The zero-order valence-corrected chi connectivity index (χ0v) is 17.6. The quantitative estimate of drug-likeness (QED) is 0.491. The molecule has 1 amide bonds. The predicted octanol–water partition coefficient (Wildman–Crippen LogP) is 3.03. The average Bonchev–Trinajstić information content (AvgIpc) is 2.87. The number of nitrogens with one attached hydrogen (secondary N) is 1. The summed E-state index contributed by atoms with van der Waals surface area (Å²) in [6, 6.07) is 22.8. The maximum absolute atomic E-state index is 13.0. The summed E-state index contributed by atoms with van der Waals surface area (Å²) in [5.74, 6) is -4.73. The molecule has 2 N–H and O–H groups in total. The number of nitrogens with zero attached hydrogens (tertiary/aromatic N) is 1. The highest BCUT2D eigenvalue weighted by Crippen LogP contribution is 2.16. The fraction of sp³-hybridized carbons (Fsp3) is 0.0800. The molecule has 0 fully saturated rings. The highest BCUT2D eigenvalue weighted by Gasteiger charge is 2.41. The Kier molecular flexibility index (Phi) is 7.71. The van der Waals surface area contributed by atoms with E-state index in [1.54, 1.807) is 36.4 Å². The van der Waals surface area contributed by atoms with Crippen LogP contribution in [0.2, 0.25) is 0 Å². The van der Waals surface area contributed by atoms with E-state index in [4.69, 9.17) is 14.7 Å². The van der Waals surface area contributed by atoms with Crippen molar-refractivity contribution >= 4 is 29.5 Å². The fourth-order valence-corrected chi connectivity index (χ4v) is 2.85. The predicted molar refractivity (Wildman–Crippen MR) is 119 cm³/mol. The van der Waals surface area contributed by atoms with E-state index in [0.29, 0.717) is 5.56 Å². The van der Waals surface area contributed by atoms with Crippen molar-refractivity contribution in [3.8, 4) is 6.07 Å². The van der Waals surface area contributed by atoms with Crippen molar-refractivity contribution in [1.29, 1.82) is 5.26 Å². The number of benzene rings is 3. The Bertz CT molecular complexity index is 1220. The maximum atomic E-state index is 13.0. The lowest BCUT2D eigenvalue weighted by molar-refractivity contribution is -0.157. The average molecular weight is 458 g/mol. The molecule has 0 aromatic heterocycles. The molecule has 0 unspecified atom stereocenters. The third kappa shape index (κ3) is 6.05. The van der Waals surface area contributed by atoms with Gasteiger partial charge in [-0.3, -0.25) is 4.79 Å². The molecule has 0 spiro atoms. The van der Waals surface area contributed by atoms with Gasteiger partial charge in [-0.1, -0.05) is 36.4 Å². The Hall–Kier alpha value is -4.97. The molecule has 0 aliphatic carbocycles. The number of carbonyl (C=O) groups excluding carboxylic acids is 3. The van der Waals surface area contributed by atoms with Gasteiger partial charge in [0.05, 0.1) is 22.8 Å². The van der Waals surface area contributed by atoms with Gasteiger partial charge in [0, 0.05) is 5.69 Å². The summed E-state index contributed by atoms with van der Waals surface area (Å²) in [6.07, 6.45) is -4.16. The van der Waals surface area contributed by atoms with Gasteiger partial charge in [0.2, 0.25) is 12.2 Å². The number of carboxylic acids is 1. The van der Waals surface area contributed by atoms with Crippen molar-refractivity contribution in [3.63, 3.8) is 0 Å². The summed E-state index contributed by atoms with van der Waals surface area (Å²) in [5, 5.41) is 21.0. The number of nitriles is 1. The second-order valence-corrected chi connectivity index (χ2v) is 6.90. The van der Waals surface area contributed by atoms with Gasteiger partial charge in [-0.15, -0.1) is 0 Å². The molecule has 0 bridgehead atoms. The van der Waals surface area contributed by atoms with E-state index in [9.17, 15) is 24.3 Å². The van der Waals surface area contributed by atoms with Crippen molar-refractivity contribution in [2.45, 2.75) is 12.2 Å². The van der Waals surface area contributed by atoms with Gasteiger partial charge in [-0.2, -0.15) is 5.26 Å². The van der Waals surface area contributed by atoms with Crippen LogP contribution < -0.4 is 5.32 Å². The van der Waals surface area contributed by atoms with E-state index in [2.05, 4.69) is 5.32 Å². The van der Waals surface area contributed by atoms with Gasteiger partial charge in [-0.25, -0.2) is 14.4 Å². The molecule has 170 valence electrons. The van der Waals surface area contributed by atoms with Crippen LogP contribution in [0, 0.1) is 11.3 Å². The number of amides is 1. The Labute approximate surface area is 194 Å². The molecule has 9 nitrogen and oxygen atoms in total. The third-order valence-electron chi connectivity index (χ3n) is 4.55. The molecule has 3 aromatic rings. The molecule has 34 heavy (non-hydrogen) atoms. The summed E-state index contributed by atoms with van der Waals surface area (Å²) >= 11 is 0. The van der Waals surface area contributed by atoms with Crippen LogP contribution >= 0.6 is 0 Å². The normalized spacial score (nSPS) is 11.9. The first-order chi connectivity index (χ1) is 16.4. The summed E-state index contributed by atoms with van der Waals surface area (Å²) in [6.45, 7) is 0.